The molecular weight excluding hydrogens is 481 g/mol. The molecule has 1 aromatic heterocycles. The second-order valence-electron chi connectivity index (χ2n) is 11.4. The Bertz CT molecular complexity index is 1190. The lowest BCUT2D eigenvalue weighted by Crippen LogP contribution is -2.25. The van der Waals surface area contributed by atoms with Crippen LogP contribution in [0.25, 0.3) is 11.4 Å². The lowest BCUT2D eigenvalue weighted by Gasteiger charge is -2.19. The molecule has 0 radical (unpaired) electrons. The van der Waals surface area contributed by atoms with Crippen LogP contribution in [-0.2, 0) is 18.5 Å². The summed E-state index contributed by atoms with van der Waals surface area (Å²) in [7, 11) is 0. The molecule has 0 aliphatic heterocycles. The number of aliphatic hydroxyl groups excluding tert-OH is 2. The van der Waals surface area contributed by atoms with Crippen LogP contribution in [0.1, 0.15) is 94.0 Å². The van der Waals surface area contributed by atoms with Crippen molar-refractivity contribution < 1.29 is 19.4 Å². The Morgan fingerprint density at radius 1 is 1.03 bits per heavy atom. The highest BCUT2D eigenvalue weighted by molar-refractivity contribution is 5.94. The van der Waals surface area contributed by atoms with Gasteiger partial charge in [0.05, 0.1) is 17.9 Å². The highest BCUT2D eigenvalue weighted by Crippen LogP contribution is 2.29. The molecule has 0 fully saturated rings. The molecule has 7 heteroatoms. The maximum atomic E-state index is 13.7. The first-order valence-electron chi connectivity index (χ1n) is 13.5. The minimum atomic E-state index is -0.693. The van der Waals surface area contributed by atoms with Gasteiger partial charge in [0.2, 0.25) is 0 Å². The van der Waals surface area contributed by atoms with Gasteiger partial charge in [-0.2, -0.15) is 0 Å². The molecule has 1 heterocycles. The van der Waals surface area contributed by atoms with Gasteiger partial charge in [0.15, 0.2) is 0 Å². The number of rotatable bonds is 11. The van der Waals surface area contributed by atoms with Crippen LogP contribution in [0.3, 0.4) is 0 Å². The molecule has 2 aromatic carbocycles. The minimum absolute atomic E-state index is 0.0260. The first-order chi connectivity index (χ1) is 17.9. The number of nitrogens with zero attached hydrogens (tertiary/aromatic N) is 2. The summed E-state index contributed by atoms with van der Waals surface area (Å²) in [5, 5.41) is 23.5. The Morgan fingerprint density at radius 2 is 1.66 bits per heavy atom. The first-order valence-corrected chi connectivity index (χ1v) is 13.5. The van der Waals surface area contributed by atoms with E-state index >= 15 is 0 Å². The number of halogens is 1. The van der Waals surface area contributed by atoms with Gasteiger partial charge in [0.1, 0.15) is 17.3 Å². The second-order valence-corrected chi connectivity index (χ2v) is 11.4. The molecule has 2 atom stereocenters. The molecule has 3 rings (SSSR count). The lowest BCUT2D eigenvalue weighted by molar-refractivity contribution is 0.0711. The van der Waals surface area contributed by atoms with E-state index in [1.165, 1.54) is 17.7 Å². The Kier molecular flexibility index (Phi) is 9.85. The van der Waals surface area contributed by atoms with E-state index in [9.17, 15) is 19.4 Å². The Labute approximate surface area is 225 Å². The predicted octanol–water partition coefficient (Wildman–Crippen LogP) is 5.95. The SMILES string of the molecule is CCC(O)CC(O)CCn1c(-c2ccc(F)cc2)nc(C(=O)NCc2ccc(C(C)(C)C)cc2)c1C(C)C. The molecular formula is C31H42FN3O3. The molecule has 3 N–H and O–H groups in total. The van der Waals surface area contributed by atoms with E-state index in [1.807, 2.05) is 37.5 Å². The highest BCUT2D eigenvalue weighted by Gasteiger charge is 2.26. The van der Waals surface area contributed by atoms with Gasteiger partial charge in [-0.05, 0) is 66.0 Å². The van der Waals surface area contributed by atoms with Crippen LogP contribution >= 0.6 is 0 Å². The van der Waals surface area contributed by atoms with Crippen molar-refractivity contribution in [2.24, 2.45) is 0 Å². The molecule has 1 amide bonds. The highest BCUT2D eigenvalue weighted by atomic mass is 19.1. The van der Waals surface area contributed by atoms with Gasteiger partial charge in [-0.1, -0.05) is 65.8 Å². The summed E-state index contributed by atoms with van der Waals surface area (Å²) in [6.45, 7) is 13.1. The molecule has 0 saturated heterocycles. The van der Waals surface area contributed by atoms with E-state index in [2.05, 4.69) is 38.2 Å². The first kappa shape index (κ1) is 29.5. The van der Waals surface area contributed by atoms with Crippen LogP contribution in [0, 0.1) is 5.82 Å². The van der Waals surface area contributed by atoms with Crippen LogP contribution in [0.15, 0.2) is 48.5 Å². The Hall–Kier alpha value is -3.03. The molecule has 6 nitrogen and oxygen atoms in total. The number of carbonyl (C=O) groups is 1. The fourth-order valence-electron chi connectivity index (χ4n) is 4.53. The summed E-state index contributed by atoms with van der Waals surface area (Å²) in [6, 6.07) is 14.3. The molecule has 0 aliphatic carbocycles. The number of aliphatic hydroxyl groups is 2. The fourth-order valence-corrected chi connectivity index (χ4v) is 4.53. The summed E-state index contributed by atoms with van der Waals surface area (Å²) >= 11 is 0. The quantitative estimate of drug-likeness (QED) is 0.290. The smallest absolute Gasteiger partial charge is 0.272 e. The molecule has 0 spiro atoms. The van der Waals surface area contributed by atoms with Gasteiger partial charge in [-0.3, -0.25) is 4.79 Å². The normalized spacial score (nSPS) is 13.5. The number of amides is 1. The van der Waals surface area contributed by atoms with E-state index in [0.717, 1.165) is 11.3 Å². The van der Waals surface area contributed by atoms with Crippen LogP contribution in [0.5, 0.6) is 0 Å². The number of imidazole rings is 1. The molecule has 0 saturated carbocycles. The van der Waals surface area contributed by atoms with E-state index in [-0.39, 0.29) is 29.5 Å². The van der Waals surface area contributed by atoms with Crippen molar-refractivity contribution in [1.82, 2.24) is 14.9 Å². The largest absolute Gasteiger partial charge is 0.393 e. The monoisotopic (exact) mass is 523 g/mol. The van der Waals surface area contributed by atoms with Crippen LogP contribution < -0.4 is 5.32 Å². The van der Waals surface area contributed by atoms with E-state index in [1.54, 1.807) is 12.1 Å². The van der Waals surface area contributed by atoms with Crippen molar-refractivity contribution in [3.05, 3.63) is 76.9 Å². The summed E-state index contributed by atoms with van der Waals surface area (Å²) in [5.74, 6) is -0.105. The summed E-state index contributed by atoms with van der Waals surface area (Å²) < 4.78 is 15.6. The topological polar surface area (TPSA) is 87.4 Å². The molecule has 0 bridgehead atoms. The zero-order chi connectivity index (χ0) is 28.0. The van der Waals surface area contributed by atoms with Crippen molar-refractivity contribution in [3.63, 3.8) is 0 Å². The number of benzene rings is 2. The number of hydrogen-bond donors (Lipinski definition) is 3. The average molecular weight is 524 g/mol. The fraction of sp³-hybridized carbons (Fsp3) is 0.484. The summed E-state index contributed by atoms with van der Waals surface area (Å²) in [6.07, 6.45) is -0.00368. The Balaban J connectivity index is 1.90. The van der Waals surface area contributed by atoms with Crippen molar-refractivity contribution in [1.29, 1.82) is 0 Å². The Morgan fingerprint density at radius 3 is 2.21 bits per heavy atom. The van der Waals surface area contributed by atoms with Gasteiger partial charge in [-0.15, -0.1) is 0 Å². The number of hydrogen-bond acceptors (Lipinski definition) is 4. The van der Waals surface area contributed by atoms with Crippen molar-refractivity contribution in [3.8, 4) is 11.4 Å². The van der Waals surface area contributed by atoms with Gasteiger partial charge in [0.25, 0.3) is 5.91 Å². The number of aromatic nitrogens is 2. The summed E-state index contributed by atoms with van der Waals surface area (Å²) in [4.78, 5) is 18.2. The van der Waals surface area contributed by atoms with E-state index in [4.69, 9.17) is 4.98 Å². The third-order valence-corrected chi connectivity index (χ3v) is 6.85. The predicted molar refractivity (Wildman–Crippen MR) is 150 cm³/mol. The molecule has 3 aromatic rings. The summed E-state index contributed by atoms with van der Waals surface area (Å²) in [5.41, 5.74) is 4.05. The van der Waals surface area contributed by atoms with E-state index in [0.29, 0.717) is 43.0 Å². The second kappa shape index (κ2) is 12.7. The van der Waals surface area contributed by atoms with Crippen molar-refractivity contribution in [2.75, 3.05) is 0 Å². The molecule has 2 unspecified atom stereocenters. The van der Waals surface area contributed by atoms with Gasteiger partial charge >= 0.3 is 0 Å². The molecule has 38 heavy (non-hydrogen) atoms. The van der Waals surface area contributed by atoms with Crippen LogP contribution in [0.2, 0.25) is 0 Å². The maximum absolute atomic E-state index is 13.7. The van der Waals surface area contributed by atoms with Crippen molar-refractivity contribution in [2.45, 2.75) is 97.4 Å². The minimum Gasteiger partial charge on any atom is -0.393 e. The van der Waals surface area contributed by atoms with Crippen LogP contribution in [0.4, 0.5) is 4.39 Å². The van der Waals surface area contributed by atoms with Gasteiger partial charge in [-0.25, -0.2) is 9.37 Å². The molecule has 206 valence electrons. The van der Waals surface area contributed by atoms with Gasteiger partial charge < -0.3 is 20.1 Å². The lowest BCUT2D eigenvalue weighted by atomic mass is 9.87. The number of nitrogens with one attached hydrogen (secondary N) is 1. The molecule has 0 aliphatic rings. The average Bonchev–Trinajstić information content (AvgIpc) is 3.26. The third-order valence-electron chi connectivity index (χ3n) is 6.85. The van der Waals surface area contributed by atoms with Gasteiger partial charge in [0, 0.05) is 18.7 Å². The van der Waals surface area contributed by atoms with Crippen LogP contribution in [-0.4, -0.2) is 37.9 Å². The number of carbonyl (C=O) groups excluding carboxylic acids is 1. The maximum Gasteiger partial charge on any atom is 0.272 e. The standard InChI is InChI=1S/C31H42FN3O3/c1-7-25(36)18-26(37)16-17-35-28(20(2)3)27(34-29(35)22-10-14-24(32)15-11-22)30(38)33-19-21-8-12-23(13-9-21)31(4,5)6/h8-15,20,25-26,36-37H,7,16-19H2,1-6H3,(H,33,38). The zero-order valence-electron chi connectivity index (χ0n) is 23.5. The zero-order valence-corrected chi connectivity index (χ0v) is 23.5. The van der Waals surface area contributed by atoms with E-state index < -0.39 is 12.2 Å². The third kappa shape index (κ3) is 7.51. The van der Waals surface area contributed by atoms with Crippen molar-refractivity contribution >= 4 is 5.91 Å².